The summed E-state index contributed by atoms with van der Waals surface area (Å²) in [5, 5.41) is 20.3. The van der Waals surface area contributed by atoms with Gasteiger partial charge in [-0.05, 0) is 6.42 Å². The first kappa shape index (κ1) is 15.2. The topological polar surface area (TPSA) is 103 Å². The van der Waals surface area contributed by atoms with Gasteiger partial charge < -0.3 is 20.1 Å². The number of urea groups is 1. The lowest BCUT2D eigenvalue weighted by Gasteiger charge is -2.30. The third-order valence-electron chi connectivity index (χ3n) is 2.94. The second kappa shape index (κ2) is 7.59. The van der Waals surface area contributed by atoms with Crippen molar-refractivity contribution in [2.45, 2.75) is 38.3 Å². The van der Waals surface area contributed by atoms with Crippen LogP contribution < -0.4 is 5.32 Å². The molecule has 0 spiro atoms. The average molecular weight is 269 g/mol. The van der Waals surface area contributed by atoms with Crippen molar-refractivity contribution in [1.29, 1.82) is 5.26 Å². The lowest BCUT2D eigenvalue weighted by Crippen LogP contribution is -2.53. The molecule has 1 rings (SSSR count). The summed E-state index contributed by atoms with van der Waals surface area (Å²) >= 11 is 0. The molecule has 19 heavy (non-hydrogen) atoms. The Hall–Kier alpha value is -1.81. The van der Waals surface area contributed by atoms with Crippen molar-refractivity contribution < 1.29 is 19.4 Å². The van der Waals surface area contributed by atoms with E-state index in [1.54, 1.807) is 0 Å². The van der Waals surface area contributed by atoms with Crippen molar-refractivity contribution in [1.82, 2.24) is 10.2 Å². The Morgan fingerprint density at radius 1 is 1.63 bits per heavy atom. The van der Waals surface area contributed by atoms with Crippen LogP contribution in [0.2, 0.25) is 0 Å². The molecule has 0 aromatic carbocycles. The van der Waals surface area contributed by atoms with Gasteiger partial charge in [0.1, 0.15) is 6.04 Å². The number of ether oxygens (including phenoxy) is 1. The van der Waals surface area contributed by atoms with Gasteiger partial charge in [-0.25, -0.2) is 9.59 Å². The van der Waals surface area contributed by atoms with Crippen molar-refractivity contribution in [3.63, 3.8) is 0 Å². The van der Waals surface area contributed by atoms with Crippen LogP contribution in [0.15, 0.2) is 0 Å². The predicted molar refractivity (Wildman–Crippen MR) is 66.4 cm³/mol. The molecule has 2 atom stereocenters. The van der Waals surface area contributed by atoms with Crippen molar-refractivity contribution in [3.8, 4) is 6.07 Å². The molecule has 1 aliphatic rings. The molecule has 1 heterocycles. The molecule has 0 aromatic rings. The summed E-state index contributed by atoms with van der Waals surface area (Å²) < 4.78 is 5.13. The number of carboxylic acid groups (broad SMARTS) is 1. The van der Waals surface area contributed by atoms with E-state index >= 15 is 0 Å². The van der Waals surface area contributed by atoms with E-state index in [4.69, 9.17) is 15.1 Å². The fourth-order valence-corrected chi connectivity index (χ4v) is 1.82. The van der Waals surface area contributed by atoms with E-state index in [2.05, 4.69) is 5.32 Å². The lowest BCUT2D eigenvalue weighted by atomic mass is 10.1. The van der Waals surface area contributed by atoms with Crippen LogP contribution in [0.1, 0.15) is 26.2 Å². The number of hydrogen-bond donors (Lipinski definition) is 2. The van der Waals surface area contributed by atoms with Gasteiger partial charge in [0.15, 0.2) is 6.10 Å². The first-order valence-electron chi connectivity index (χ1n) is 6.38. The first-order chi connectivity index (χ1) is 9.08. The number of unbranched alkanes of at least 4 members (excludes halogenated alkanes) is 1. The van der Waals surface area contributed by atoms with Gasteiger partial charge in [-0.15, -0.1) is 0 Å². The largest absolute Gasteiger partial charge is 0.480 e. The Morgan fingerprint density at radius 2 is 2.37 bits per heavy atom. The van der Waals surface area contributed by atoms with Gasteiger partial charge in [-0.2, -0.15) is 5.26 Å². The molecule has 7 nitrogen and oxygen atoms in total. The molecule has 106 valence electrons. The molecule has 0 saturated carbocycles. The van der Waals surface area contributed by atoms with Crippen LogP contribution in [0.25, 0.3) is 0 Å². The van der Waals surface area contributed by atoms with Crippen LogP contribution in [0.3, 0.4) is 0 Å². The van der Waals surface area contributed by atoms with Gasteiger partial charge in [0.05, 0.1) is 19.2 Å². The van der Waals surface area contributed by atoms with Crippen LogP contribution in [-0.2, 0) is 9.53 Å². The fraction of sp³-hybridized carbons (Fsp3) is 0.750. The summed E-state index contributed by atoms with van der Waals surface area (Å²) in [6.07, 6.45) is 1.37. The molecular formula is C12H19N3O4. The second-order valence-corrected chi connectivity index (χ2v) is 4.42. The summed E-state index contributed by atoms with van der Waals surface area (Å²) in [7, 11) is 0. The molecule has 0 aliphatic carbocycles. The number of aliphatic carboxylic acids is 1. The Morgan fingerprint density at radius 3 is 2.95 bits per heavy atom. The zero-order chi connectivity index (χ0) is 14.3. The number of morpholine rings is 1. The molecule has 1 saturated heterocycles. The van der Waals surface area contributed by atoms with Gasteiger partial charge in [0.2, 0.25) is 0 Å². The molecule has 7 heteroatoms. The number of carboxylic acids is 1. The maximum Gasteiger partial charge on any atom is 0.326 e. The van der Waals surface area contributed by atoms with Crippen LogP contribution in [0.4, 0.5) is 4.79 Å². The van der Waals surface area contributed by atoms with Gasteiger partial charge in [0, 0.05) is 6.54 Å². The first-order valence-corrected chi connectivity index (χ1v) is 6.38. The number of nitriles is 1. The highest BCUT2D eigenvalue weighted by Crippen LogP contribution is 2.06. The van der Waals surface area contributed by atoms with E-state index in [0.29, 0.717) is 19.6 Å². The summed E-state index contributed by atoms with van der Waals surface area (Å²) in [4.78, 5) is 24.4. The molecule has 1 aliphatic heterocycles. The van der Waals surface area contributed by atoms with Crippen LogP contribution >= 0.6 is 0 Å². The van der Waals surface area contributed by atoms with E-state index in [9.17, 15) is 9.59 Å². The van der Waals surface area contributed by atoms with Crippen molar-refractivity contribution in [3.05, 3.63) is 0 Å². The van der Waals surface area contributed by atoms with E-state index in [1.165, 1.54) is 4.90 Å². The van der Waals surface area contributed by atoms with Crippen LogP contribution in [0.5, 0.6) is 0 Å². The smallest absolute Gasteiger partial charge is 0.326 e. The minimum absolute atomic E-state index is 0.169. The molecule has 2 N–H and O–H groups in total. The summed E-state index contributed by atoms with van der Waals surface area (Å²) in [6, 6.07) is 0.608. The second-order valence-electron chi connectivity index (χ2n) is 4.42. The molecule has 2 unspecified atom stereocenters. The number of rotatable bonds is 5. The third kappa shape index (κ3) is 4.75. The summed E-state index contributed by atoms with van der Waals surface area (Å²) in [5.41, 5.74) is 0. The normalized spacial score (nSPS) is 20.4. The van der Waals surface area contributed by atoms with Crippen molar-refractivity contribution in [2.24, 2.45) is 0 Å². The van der Waals surface area contributed by atoms with Crippen molar-refractivity contribution >= 4 is 12.0 Å². The molecule has 0 bridgehead atoms. The van der Waals surface area contributed by atoms with E-state index in [1.807, 2.05) is 13.0 Å². The quantitative estimate of drug-likeness (QED) is 0.759. The van der Waals surface area contributed by atoms with E-state index in [0.717, 1.165) is 12.8 Å². The summed E-state index contributed by atoms with van der Waals surface area (Å²) in [6.45, 7) is 2.78. The van der Waals surface area contributed by atoms with Crippen molar-refractivity contribution in [2.75, 3.05) is 19.7 Å². The molecule has 2 amide bonds. The zero-order valence-corrected chi connectivity index (χ0v) is 11.0. The highest BCUT2D eigenvalue weighted by Gasteiger charge is 2.27. The highest BCUT2D eigenvalue weighted by atomic mass is 16.5. The standard InChI is InChI=1S/C12H19N3O4/c1-2-3-4-10(11(16)17)14-12(18)15-5-6-19-9(7-13)8-15/h9-10H,2-6,8H2,1H3,(H,14,18)(H,16,17). The Balaban J connectivity index is 2.51. The predicted octanol–water partition coefficient (Wildman–Crippen LogP) is 0.564. The third-order valence-corrected chi connectivity index (χ3v) is 2.94. The highest BCUT2D eigenvalue weighted by molar-refractivity contribution is 5.82. The molecule has 0 radical (unpaired) electrons. The number of nitrogens with zero attached hydrogens (tertiary/aromatic N) is 2. The summed E-state index contributed by atoms with van der Waals surface area (Å²) in [5.74, 6) is -1.04. The monoisotopic (exact) mass is 269 g/mol. The minimum Gasteiger partial charge on any atom is -0.480 e. The Kier molecular flexibility index (Phi) is 6.09. The maximum atomic E-state index is 11.9. The molecular weight excluding hydrogens is 250 g/mol. The minimum atomic E-state index is -1.04. The van der Waals surface area contributed by atoms with E-state index in [-0.39, 0.29) is 6.54 Å². The SMILES string of the molecule is CCCCC(NC(=O)N1CCOC(C#N)C1)C(=O)O. The van der Waals surface area contributed by atoms with Crippen LogP contribution in [0, 0.1) is 11.3 Å². The number of carbonyl (C=O) groups excluding carboxylic acids is 1. The number of nitrogens with one attached hydrogen (secondary N) is 1. The van der Waals surface area contributed by atoms with Gasteiger partial charge >= 0.3 is 12.0 Å². The Bertz CT molecular complexity index is 366. The number of hydrogen-bond acceptors (Lipinski definition) is 4. The zero-order valence-electron chi connectivity index (χ0n) is 11.0. The fourth-order valence-electron chi connectivity index (χ4n) is 1.82. The number of amides is 2. The van der Waals surface area contributed by atoms with Gasteiger partial charge in [0.25, 0.3) is 0 Å². The maximum absolute atomic E-state index is 11.9. The Labute approximate surface area is 112 Å². The average Bonchev–Trinajstić information content (AvgIpc) is 2.42. The van der Waals surface area contributed by atoms with Gasteiger partial charge in [-0.3, -0.25) is 0 Å². The van der Waals surface area contributed by atoms with Crippen LogP contribution in [-0.4, -0.2) is 53.8 Å². The van der Waals surface area contributed by atoms with E-state index < -0.39 is 24.1 Å². The molecule has 1 fully saturated rings. The molecule has 0 aromatic heterocycles. The number of carbonyl (C=O) groups is 2. The van der Waals surface area contributed by atoms with Gasteiger partial charge in [-0.1, -0.05) is 19.8 Å². The lowest BCUT2D eigenvalue weighted by molar-refractivity contribution is -0.139.